The Bertz CT molecular complexity index is 282. The lowest BCUT2D eigenvalue weighted by Crippen LogP contribution is -2.50. The summed E-state index contributed by atoms with van der Waals surface area (Å²) in [5.41, 5.74) is -0.583. The van der Waals surface area contributed by atoms with Gasteiger partial charge in [-0.2, -0.15) is 0 Å². The minimum Gasteiger partial charge on any atom is -0.444 e. The number of nitrogens with one attached hydrogen (secondary N) is 1. The van der Waals surface area contributed by atoms with Crippen molar-refractivity contribution in [3.05, 3.63) is 0 Å². The lowest BCUT2D eigenvalue weighted by molar-refractivity contribution is 0.0127. The van der Waals surface area contributed by atoms with E-state index in [9.17, 15) is 15.0 Å². The number of amides is 1. The fourth-order valence-electron chi connectivity index (χ4n) is 2.50. The Morgan fingerprint density at radius 3 is 2.37 bits per heavy atom. The average molecular weight is 273 g/mol. The molecule has 1 amide bonds. The average Bonchev–Trinajstić information content (AvgIpc) is 2.34. The van der Waals surface area contributed by atoms with Crippen LogP contribution >= 0.6 is 0 Å². The van der Waals surface area contributed by atoms with Crippen LogP contribution in [0.2, 0.25) is 0 Å². The minimum absolute atomic E-state index is 0.154. The highest BCUT2D eigenvalue weighted by molar-refractivity contribution is 5.68. The van der Waals surface area contributed by atoms with E-state index in [2.05, 4.69) is 5.32 Å². The van der Waals surface area contributed by atoms with Crippen molar-refractivity contribution in [2.45, 2.75) is 70.6 Å². The number of hydrogen-bond donors (Lipinski definition) is 3. The van der Waals surface area contributed by atoms with Crippen molar-refractivity contribution in [3.63, 3.8) is 0 Å². The zero-order valence-electron chi connectivity index (χ0n) is 12.2. The summed E-state index contributed by atoms with van der Waals surface area (Å²) in [7, 11) is 0. The molecule has 0 aromatic rings. The van der Waals surface area contributed by atoms with E-state index in [1.165, 1.54) is 6.42 Å². The lowest BCUT2D eigenvalue weighted by Gasteiger charge is -2.32. The van der Waals surface area contributed by atoms with Crippen molar-refractivity contribution in [3.8, 4) is 0 Å². The summed E-state index contributed by atoms with van der Waals surface area (Å²) in [4.78, 5) is 11.7. The van der Waals surface area contributed by atoms with Crippen molar-refractivity contribution in [2.24, 2.45) is 5.92 Å². The molecule has 1 rings (SSSR count). The number of ether oxygens (including phenoxy) is 1. The van der Waals surface area contributed by atoms with Crippen LogP contribution in [0.3, 0.4) is 0 Å². The lowest BCUT2D eigenvalue weighted by atomic mass is 9.83. The van der Waals surface area contributed by atoms with Crippen LogP contribution in [0.25, 0.3) is 0 Å². The molecule has 112 valence electrons. The number of carbonyl (C=O) groups is 1. The van der Waals surface area contributed by atoms with Gasteiger partial charge in [-0.05, 0) is 39.5 Å². The van der Waals surface area contributed by atoms with Crippen LogP contribution in [0.4, 0.5) is 4.79 Å². The summed E-state index contributed by atoms with van der Waals surface area (Å²) < 4.78 is 5.14. The maximum absolute atomic E-state index is 11.7. The third-order valence-electron chi connectivity index (χ3n) is 3.44. The van der Waals surface area contributed by atoms with Crippen molar-refractivity contribution >= 4 is 6.09 Å². The first-order valence-corrected chi connectivity index (χ1v) is 7.12. The fraction of sp³-hybridized carbons (Fsp3) is 0.929. The highest BCUT2D eigenvalue weighted by Crippen LogP contribution is 2.27. The Balaban J connectivity index is 2.49. The van der Waals surface area contributed by atoms with E-state index in [0.717, 1.165) is 25.7 Å². The van der Waals surface area contributed by atoms with Crippen LogP contribution in [0, 0.1) is 5.92 Å². The molecule has 0 spiro atoms. The van der Waals surface area contributed by atoms with Crippen LogP contribution in [0.15, 0.2) is 0 Å². The second-order valence-corrected chi connectivity index (χ2v) is 6.32. The first-order chi connectivity index (χ1) is 8.83. The van der Waals surface area contributed by atoms with Gasteiger partial charge < -0.3 is 20.3 Å². The van der Waals surface area contributed by atoms with Gasteiger partial charge in [0.25, 0.3) is 0 Å². The van der Waals surface area contributed by atoms with Gasteiger partial charge in [0.1, 0.15) is 5.60 Å². The van der Waals surface area contributed by atoms with E-state index < -0.39 is 23.8 Å². The molecule has 0 aliphatic heterocycles. The number of aliphatic hydroxyl groups excluding tert-OH is 2. The molecule has 5 heteroatoms. The molecular weight excluding hydrogens is 246 g/mol. The van der Waals surface area contributed by atoms with Crippen LogP contribution in [-0.2, 0) is 4.74 Å². The first kappa shape index (κ1) is 16.2. The van der Waals surface area contributed by atoms with Crippen molar-refractivity contribution in [1.82, 2.24) is 5.32 Å². The number of hydrogen-bond acceptors (Lipinski definition) is 4. The Morgan fingerprint density at radius 1 is 1.32 bits per heavy atom. The molecule has 0 saturated heterocycles. The maximum atomic E-state index is 11.7. The third kappa shape index (κ3) is 5.78. The zero-order chi connectivity index (χ0) is 14.5. The molecule has 0 heterocycles. The van der Waals surface area contributed by atoms with Gasteiger partial charge in [0.2, 0.25) is 0 Å². The summed E-state index contributed by atoms with van der Waals surface area (Å²) in [6, 6.07) is -0.655. The fourth-order valence-corrected chi connectivity index (χ4v) is 2.50. The highest BCUT2D eigenvalue weighted by Gasteiger charge is 2.30. The predicted molar refractivity (Wildman–Crippen MR) is 72.8 cm³/mol. The van der Waals surface area contributed by atoms with Gasteiger partial charge >= 0.3 is 6.09 Å². The first-order valence-electron chi connectivity index (χ1n) is 7.12. The van der Waals surface area contributed by atoms with Crippen LogP contribution in [0.1, 0.15) is 52.9 Å². The third-order valence-corrected chi connectivity index (χ3v) is 3.44. The monoisotopic (exact) mass is 273 g/mol. The van der Waals surface area contributed by atoms with Gasteiger partial charge in [0.05, 0.1) is 18.8 Å². The maximum Gasteiger partial charge on any atom is 0.408 e. The molecule has 5 nitrogen and oxygen atoms in total. The molecule has 19 heavy (non-hydrogen) atoms. The number of alkyl carbamates (subject to hydrolysis) is 1. The molecule has 1 fully saturated rings. The minimum atomic E-state index is -0.710. The molecule has 0 bridgehead atoms. The number of rotatable bonds is 4. The van der Waals surface area contributed by atoms with Gasteiger partial charge in [-0.1, -0.05) is 19.3 Å². The van der Waals surface area contributed by atoms with Crippen molar-refractivity contribution in [2.75, 3.05) is 6.61 Å². The van der Waals surface area contributed by atoms with Crippen LogP contribution in [0.5, 0.6) is 0 Å². The second kappa shape index (κ2) is 7.10. The van der Waals surface area contributed by atoms with Crippen molar-refractivity contribution in [1.29, 1.82) is 0 Å². The summed E-state index contributed by atoms with van der Waals surface area (Å²) in [6.45, 7) is 5.05. The summed E-state index contributed by atoms with van der Waals surface area (Å²) in [5.74, 6) is 0.154. The van der Waals surface area contributed by atoms with E-state index in [1.54, 1.807) is 20.8 Å². The Kier molecular flexibility index (Phi) is 6.07. The van der Waals surface area contributed by atoms with Gasteiger partial charge in [-0.25, -0.2) is 4.79 Å². The Labute approximate surface area is 115 Å². The molecule has 0 aromatic carbocycles. The standard InChI is InChI=1S/C14H27NO4/c1-14(2,3)19-13(18)15-11(9-16)12(17)10-7-5-4-6-8-10/h10-12,16-17H,4-9H2,1-3H3,(H,15,18)/t11-,12-/m1/s1. The molecule has 0 aromatic heterocycles. The van der Waals surface area contributed by atoms with E-state index in [4.69, 9.17) is 4.74 Å². The highest BCUT2D eigenvalue weighted by atomic mass is 16.6. The Morgan fingerprint density at radius 2 is 1.89 bits per heavy atom. The molecule has 0 radical (unpaired) electrons. The smallest absolute Gasteiger partial charge is 0.408 e. The van der Waals surface area contributed by atoms with Gasteiger partial charge in [0, 0.05) is 0 Å². The quantitative estimate of drug-likeness (QED) is 0.730. The predicted octanol–water partition coefficient (Wildman–Crippen LogP) is 1.81. The molecule has 2 atom stereocenters. The van der Waals surface area contributed by atoms with Crippen LogP contribution < -0.4 is 5.32 Å². The summed E-state index contributed by atoms with van der Waals surface area (Å²) >= 11 is 0. The van der Waals surface area contributed by atoms with Gasteiger partial charge in [-0.15, -0.1) is 0 Å². The normalized spacial score (nSPS) is 20.7. The van der Waals surface area contributed by atoms with Gasteiger partial charge in [-0.3, -0.25) is 0 Å². The van der Waals surface area contributed by atoms with E-state index in [0.29, 0.717) is 0 Å². The number of aliphatic hydroxyl groups is 2. The van der Waals surface area contributed by atoms with Gasteiger partial charge in [0.15, 0.2) is 0 Å². The largest absolute Gasteiger partial charge is 0.444 e. The van der Waals surface area contributed by atoms with E-state index in [-0.39, 0.29) is 12.5 Å². The topological polar surface area (TPSA) is 78.8 Å². The van der Waals surface area contributed by atoms with E-state index in [1.807, 2.05) is 0 Å². The molecule has 3 N–H and O–H groups in total. The van der Waals surface area contributed by atoms with E-state index >= 15 is 0 Å². The molecule has 1 aliphatic rings. The van der Waals surface area contributed by atoms with Crippen LogP contribution in [-0.4, -0.2) is 40.7 Å². The van der Waals surface area contributed by atoms with Crippen molar-refractivity contribution < 1.29 is 19.7 Å². The molecular formula is C14H27NO4. The summed E-state index contributed by atoms with van der Waals surface area (Å²) in [5, 5.41) is 22.2. The Hall–Kier alpha value is -0.810. The molecule has 1 aliphatic carbocycles. The second-order valence-electron chi connectivity index (χ2n) is 6.32. The zero-order valence-corrected chi connectivity index (χ0v) is 12.2. The molecule has 0 unspecified atom stereocenters. The molecule has 1 saturated carbocycles. The SMILES string of the molecule is CC(C)(C)OC(=O)N[C@H](CO)[C@H](O)C1CCCCC1. The number of carbonyl (C=O) groups excluding carboxylic acids is 1. The summed E-state index contributed by atoms with van der Waals surface area (Å²) in [6.07, 6.45) is 4.01.